The zero-order valence-electron chi connectivity index (χ0n) is 20.5. The first-order chi connectivity index (χ1) is 16.3. The Hall–Kier alpha value is -2.32. The van der Waals surface area contributed by atoms with Gasteiger partial charge in [-0.2, -0.15) is 0 Å². The first kappa shape index (κ1) is 24.8. The summed E-state index contributed by atoms with van der Waals surface area (Å²) < 4.78 is 15.0. The fraction of sp³-hybridized carbons (Fsp3) is 0.654. The molecule has 8 heteroatoms. The molecule has 1 unspecified atom stereocenters. The Morgan fingerprint density at radius 1 is 1.06 bits per heavy atom. The summed E-state index contributed by atoms with van der Waals surface area (Å²) in [5, 5.41) is 0. The van der Waals surface area contributed by atoms with Crippen LogP contribution in [0.1, 0.15) is 50.5 Å². The van der Waals surface area contributed by atoms with E-state index in [1.807, 2.05) is 19.0 Å². The minimum absolute atomic E-state index is 0.148. The molecule has 1 aliphatic carbocycles. The van der Waals surface area contributed by atoms with E-state index in [1.54, 1.807) is 23.1 Å². The maximum absolute atomic E-state index is 15.0. The van der Waals surface area contributed by atoms with Gasteiger partial charge in [0.05, 0.1) is 5.41 Å². The van der Waals surface area contributed by atoms with Gasteiger partial charge in [-0.25, -0.2) is 4.39 Å². The first-order valence-corrected chi connectivity index (χ1v) is 12.6. The van der Waals surface area contributed by atoms with Gasteiger partial charge in [-0.1, -0.05) is 37.5 Å². The number of benzene rings is 1. The quantitative estimate of drug-likeness (QED) is 0.570. The topological polar surface area (TPSA) is 64.2 Å². The van der Waals surface area contributed by atoms with E-state index in [1.165, 1.54) is 43.1 Å². The molecule has 3 aliphatic rings. The number of likely N-dealkylation sites (tertiary alicyclic amines) is 1. The van der Waals surface area contributed by atoms with Gasteiger partial charge >= 0.3 is 0 Å². The zero-order chi connectivity index (χ0) is 24.3. The molecule has 3 amide bonds. The molecule has 34 heavy (non-hydrogen) atoms. The van der Waals surface area contributed by atoms with E-state index >= 15 is 0 Å². The molecule has 1 aromatic carbocycles. The monoisotopic (exact) mass is 472 g/mol. The summed E-state index contributed by atoms with van der Waals surface area (Å²) in [6.45, 7) is 3.61. The molecule has 1 saturated carbocycles. The van der Waals surface area contributed by atoms with Crippen molar-refractivity contribution >= 4 is 17.7 Å². The van der Waals surface area contributed by atoms with Crippen LogP contribution < -0.4 is 0 Å². The summed E-state index contributed by atoms with van der Waals surface area (Å²) in [5.41, 5.74) is -1.33. The van der Waals surface area contributed by atoms with E-state index in [-0.39, 0.29) is 36.8 Å². The minimum atomic E-state index is -1.48. The molecule has 2 saturated heterocycles. The Kier molecular flexibility index (Phi) is 7.67. The number of piperazine rings is 1. The van der Waals surface area contributed by atoms with Crippen LogP contribution in [-0.2, 0) is 19.8 Å². The second-order valence-corrected chi connectivity index (χ2v) is 10.3. The number of likely N-dealkylation sites (N-methyl/N-ethyl adjacent to an activating group) is 1. The van der Waals surface area contributed by atoms with E-state index in [2.05, 4.69) is 4.90 Å². The molecule has 0 spiro atoms. The van der Waals surface area contributed by atoms with Crippen molar-refractivity contribution in [1.82, 2.24) is 19.6 Å². The summed E-state index contributed by atoms with van der Waals surface area (Å²) in [6.07, 6.45) is 5.96. The van der Waals surface area contributed by atoms with Crippen molar-refractivity contribution in [3.63, 3.8) is 0 Å². The van der Waals surface area contributed by atoms with E-state index in [0.29, 0.717) is 25.7 Å². The van der Waals surface area contributed by atoms with Crippen LogP contribution in [0.15, 0.2) is 24.3 Å². The number of amides is 3. The lowest BCUT2D eigenvalue weighted by molar-refractivity contribution is -0.143. The van der Waals surface area contributed by atoms with Crippen LogP contribution in [0.2, 0.25) is 0 Å². The molecule has 0 aromatic heterocycles. The summed E-state index contributed by atoms with van der Waals surface area (Å²) in [7, 11) is 3.73. The average molecular weight is 473 g/mol. The van der Waals surface area contributed by atoms with Crippen LogP contribution in [0.3, 0.4) is 0 Å². The molecular weight excluding hydrogens is 435 g/mol. The number of carbonyl (C=O) groups is 3. The molecule has 186 valence electrons. The summed E-state index contributed by atoms with van der Waals surface area (Å²) in [6, 6.07) is 6.67. The largest absolute Gasteiger partial charge is 0.340 e. The zero-order valence-corrected chi connectivity index (χ0v) is 20.5. The number of hydrogen-bond acceptors (Lipinski definition) is 5. The van der Waals surface area contributed by atoms with Gasteiger partial charge in [0, 0.05) is 63.7 Å². The van der Waals surface area contributed by atoms with Crippen molar-refractivity contribution in [3.8, 4) is 0 Å². The Balaban J connectivity index is 1.51. The number of carbonyl (C=O) groups excluding carboxylic acids is 3. The van der Waals surface area contributed by atoms with Crippen LogP contribution in [0.4, 0.5) is 4.39 Å². The number of rotatable bonds is 7. The molecule has 0 N–H and O–H groups in total. The van der Waals surface area contributed by atoms with Crippen LogP contribution in [0.25, 0.3) is 0 Å². The van der Waals surface area contributed by atoms with Gasteiger partial charge in [-0.05, 0) is 33.0 Å². The van der Waals surface area contributed by atoms with Gasteiger partial charge < -0.3 is 9.80 Å². The predicted octanol–water partition coefficient (Wildman–Crippen LogP) is 2.25. The van der Waals surface area contributed by atoms with Gasteiger partial charge in [-0.15, -0.1) is 0 Å². The van der Waals surface area contributed by atoms with Gasteiger partial charge in [0.25, 0.3) is 0 Å². The van der Waals surface area contributed by atoms with Gasteiger partial charge in [-0.3, -0.25) is 24.2 Å². The molecule has 0 radical (unpaired) electrons. The predicted molar refractivity (Wildman–Crippen MR) is 128 cm³/mol. The Labute approximate surface area is 201 Å². The standard InChI is InChI=1S/C26H37FN4O3/c1-28(2)12-17-31-24(33)19-26(25(31)34,21-10-6-7-11-22(21)27)18-23(32)30-15-13-29(14-16-30)20-8-4-3-5-9-20/h6-7,10-11,20H,3-5,8-9,12-19H2,1-2H3. The lowest BCUT2D eigenvalue weighted by Gasteiger charge is -2.41. The molecule has 7 nitrogen and oxygen atoms in total. The second-order valence-electron chi connectivity index (χ2n) is 10.3. The number of nitrogens with zero attached hydrogens (tertiary/aromatic N) is 4. The third kappa shape index (κ3) is 5.03. The van der Waals surface area contributed by atoms with Crippen molar-refractivity contribution in [2.24, 2.45) is 0 Å². The maximum atomic E-state index is 15.0. The summed E-state index contributed by atoms with van der Waals surface area (Å²) in [4.78, 5) is 47.4. The third-order valence-corrected chi connectivity index (χ3v) is 7.78. The maximum Gasteiger partial charge on any atom is 0.241 e. The lowest BCUT2D eigenvalue weighted by atomic mass is 9.75. The third-order valence-electron chi connectivity index (χ3n) is 7.78. The highest BCUT2D eigenvalue weighted by atomic mass is 19.1. The van der Waals surface area contributed by atoms with E-state index in [4.69, 9.17) is 0 Å². The molecule has 4 rings (SSSR count). The van der Waals surface area contributed by atoms with Crippen LogP contribution in [0, 0.1) is 5.82 Å². The van der Waals surface area contributed by atoms with Crippen molar-refractivity contribution < 1.29 is 18.8 Å². The van der Waals surface area contributed by atoms with Crippen molar-refractivity contribution in [1.29, 1.82) is 0 Å². The summed E-state index contributed by atoms with van der Waals surface area (Å²) >= 11 is 0. The highest BCUT2D eigenvalue weighted by molar-refractivity contribution is 6.10. The van der Waals surface area contributed by atoms with Gasteiger partial charge in [0.2, 0.25) is 17.7 Å². The van der Waals surface area contributed by atoms with Crippen molar-refractivity contribution in [2.75, 3.05) is 53.4 Å². The molecule has 3 fully saturated rings. The summed E-state index contributed by atoms with van der Waals surface area (Å²) in [5.74, 6) is -1.53. The van der Waals surface area contributed by atoms with E-state index < -0.39 is 17.1 Å². The molecule has 1 aromatic rings. The lowest BCUT2D eigenvalue weighted by Crippen LogP contribution is -2.53. The SMILES string of the molecule is CN(C)CCN1C(=O)CC(CC(=O)N2CCN(C3CCCCC3)CC2)(c2ccccc2F)C1=O. The van der Waals surface area contributed by atoms with Gasteiger partial charge in [0.1, 0.15) is 5.82 Å². The van der Waals surface area contributed by atoms with Crippen LogP contribution >= 0.6 is 0 Å². The molecule has 2 heterocycles. The Morgan fingerprint density at radius 3 is 2.38 bits per heavy atom. The average Bonchev–Trinajstić information content (AvgIpc) is 3.07. The van der Waals surface area contributed by atoms with E-state index in [0.717, 1.165) is 13.1 Å². The molecule has 0 bridgehead atoms. The van der Waals surface area contributed by atoms with E-state index in [9.17, 15) is 18.8 Å². The second kappa shape index (κ2) is 10.5. The first-order valence-electron chi connectivity index (χ1n) is 12.6. The number of halogens is 1. The fourth-order valence-corrected chi connectivity index (χ4v) is 5.77. The van der Waals surface area contributed by atoms with Crippen molar-refractivity contribution in [2.45, 2.75) is 56.4 Å². The Morgan fingerprint density at radius 2 is 1.74 bits per heavy atom. The highest BCUT2D eigenvalue weighted by Gasteiger charge is 2.55. The number of hydrogen-bond donors (Lipinski definition) is 0. The van der Waals surface area contributed by atoms with Gasteiger partial charge in [0.15, 0.2) is 0 Å². The molecule has 2 aliphatic heterocycles. The minimum Gasteiger partial charge on any atom is -0.340 e. The molecule has 1 atom stereocenters. The van der Waals surface area contributed by atoms with Crippen molar-refractivity contribution in [3.05, 3.63) is 35.6 Å². The van der Waals surface area contributed by atoms with Crippen LogP contribution in [-0.4, -0.2) is 96.7 Å². The highest BCUT2D eigenvalue weighted by Crippen LogP contribution is 2.41. The normalized spacial score (nSPS) is 24.9. The molecular formula is C26H37FN4O3. The van der Waals surface area contributed by atoms with Crippen LogP contribution in [0.5, 0.6) is 0 Å². The Bertz CT molecular complexity index is 909. The number of imide groups is 1. The smallest absolute Gasteiger partial charge is 0.241 e. The fourth-order valence-electron chi connectivity index (χ4n) is 5.77.